The van der Waals surface area contributed by atoms with E-state index in [4.69, 9.17) is 29.6 Å². The fourth-order valence-corrected chi connectivity index (χ4v) is 2.22. The highest BCUT2D eigenvalue weighted by Crippen LogP contribution is 2.22. The van der Waals surface area contributed by atoms with Gasteiger partial charge in [-0.3, -0.25) is 4.79 Å². The molecule has 1 heterocycles. The SMILES string of the molecule is Cc1c(CC(N)=O)[nH]c2ccc(Cl)cc2c1=S. The lowest BCUT2D eigenvalue weighted by Crippen LogP contribution is -2.15. The molecule has 2 aromatic rings. The molecular weight excluding hydrogens is 256 g/mol. The number of fused-ring (bicyclic) bond motifs is 1. The fourth-order valence-electron chi connectivity index (χ4n) is 1.76. The van der Waals surface area contributed by atoms with Crippen molar-refractivity contribution in [3.63, 3.8) is 0 Å². The number of hydrogen-bond acceptors (Lipinski definition) is 2. The van der Waals surface area contributed by atoms with Gasteiger partial charge in [0, 0.05) is 21.6 Å². The van der Waals surface area contributed by atoms with Crippen LogP contribution in [0.4, 0.5) is 0 Å². The van der Waals surface area contributed by atoms with E-state index in [1.54, 1.807) is 6.07 Å². The number of benzene rings is 1. The van der Waals surface area contributed by atoms with Gasteiger partial charge in [0.15, 0.2) is 0 Å². The Hall–Kier alpha value is -1.39. The topological polar surface area (TPSA) is 58.9 Å². The van der Waals surface area contributed by atoms with Crippen molar-refractivity contribution < 1.29 is 4.79 Å². The van der Waals surface area contributed by atoms with Gasteiger partial charge in [0.05, 0.1) is 10.9 Å². The van der Waals surface area contributed by atoms with E-state index in [2.05, 4.69) is 4.98 Å². The molecule has 0 saturated heterocycles. The molecule has 88 valence electrons. The summed E-state index contributed by atoms with van der Waals surface area (Å²) in [5.41, 5.74) is 7.69. The zero-order valence-electron chi connectivity index (χ0n) is 9.21. The van der Waals surface area contributed by atoms with Crippen LogP contribution in [0.15, 0.2) is 18.2 Å². The Morgan fingerprint density at radius 2 is 2.24 bits per heavy atom. The third-order valence-electron chi connectivity index (χ3n) is 2.66. The van der Waals surface area contributed by atoms with Crippen molar-refractivity contribution in [3.8, 4) is 0 Å². The van der Waals surface area contributed by atoms with Crippen molar-refractivity contribution in [2.45, 2.75) is 13.3 Å². The van der Waals surface area contributed by atoms with E-state index in [-0.39, 0.29) is 12.3 Å². The monoisotopic (exact) mass is 266 g/mol. The van der Waals surface area contributed by atoms with Crippen LogP contribution in [-0.2, 0) is 11.2 Å². The summed E-state index contributed by atoms with van der Waals surface area (Å²) in [5.74, 6) is -0.382. The number of hydrogen-bond donors (Lipinski definition) is 2. The standard InChI is InChI=1S/C12H11ClN2OS/c1-6-10(5-11(14)16)15-9-3-2-7(13)4-8(9)12(6)17/h2-4H,5H2,1H3,(H2,14,16)(H,15,17). The van der Waals surface area contributed by atoms with Crippen LogP contribution < -0.4 is 5.73 Å². The zero-order chi connectivity index (χ0) is 12.6. The highest BCUT2D eigenvalue weighted by atomic mass is 35.5. The molecule has 0 aliphatic rings. The Morgan fingerprint density at radius 3 is 2.88 bits per heavy atom. The quantitative estimate of drug-likeness (QED) is 0.821. The number of primary amides is 1. The zero-order valence-corrected chi connectivity index (χ0v) is 10.8. The normalized spacial score (nSPS) is 10.7. The van der Waals surface area contributed by atoms with E-state index in [0.717, 1.165) is 22.2 Å². The summed E-state index contributed by atoms with van der Waals surface area (Å²) in [5, 5.41) is 1.53. The summed E-state index contributed by atoms with van der Waals surface area (Å²) in [7, 11) is 0. The minimum Gasteiger partial charge on any atom is -0.369 e. The van der Waals surface area contributed by atoms with Gasteiger partial charge in [-0.1, -0.05) is 23.8 Å². The second-order valence-electron chi connectivity index (χ2n) is 3.89. The number of halogens is 1. The number of carbonyl (C=O) groups excluding carboxylic acids is 1. The van der Waals surface area contributed by atoms with Gasteiger partial charge in [0.2, 0.25) is 5.91 Å². The first-order chi connectivity index (χ1) is 7.99. The largest absolute Gasteiger partial charge is 0.369 e. The molecule has 3 nitrogen and oxygen atoms in total. The maximum absolute atomic E-state index is 11.0. The minimum atomic E-state index is -0.382. The first kappa shape index (κ1) is 12.1. The molecule has 1 amide bonds. The summed E-state index contributed by atoms with van der Waals surface area (Å²) < 4.78 is 0.706. The summed E-state index contributed by atoms with van der Waals surface area (Å²) in [6.07, 6.45) is 0.161. The Morgan fingerprint density at radius 1 is 1.53 bits per heavy atom. The molecule has 0 bridgehead atoms. The number of amides is 1. The van der Waals surface area contributed by atoms with Gasteiger partial charge in [0.25, 0.3) is 0 Å². The van der Waals surface area contributed by atoms with E-state index in [1.165, 1.54) is 0 Å². The second-order valence-corrected chi connectivity index (χ2v) is 4.74. The lowest BCUT2D eigenvalue weighted by Gasteiger charge is -2.08. The molecule has 1 aromatic carbocycles. The highest BCUT2D eigenvalue weighted by Gasteiger charge is 2.08. The van der Waals surface area contributed by atoms with E-state index < -0.39 is 0 Å². The number of aromatic nitrogens is 1. The smallest absolute Gasteiger partial charge is 0.223 e. The summed E-state index contributed by atoms with van der Waals surface area (Å²) in [6, 6.07) is 5.44. The number of aromatic amines is 1. The molecule has 0 aliphatic carbocycles. The minimum absolute atomic E-state index is 0.161. The predicted molar refractivity (Wildman–Crippen MR) is 71.8 cm³/mol. The molecule has 5 heteroatoms. The third-order valence-corrected chi connectivity index (χ3v) is 3.42. The summed E-state index contributed by atoms with van der Waals surface area (Å²) in [4.78, 5) is 14.1. The van der Waals surface area contributed by atoms with Gasteiger partial charge in [-0.2, -0.15) is 0 Å². The number of nitrogens with one attached hydrogen (secondary N) is 1. The van der Waals surface area contributed by atoms with Crippen molar-refractivity contribution in [2.24, 2.45) is 5.73 Å². The van der Waals surface area contributed by atoms with E-state index >= 15 is 0 Å². The van der Waals surface area contributed by atoms with Crippen molar-refractivity contribution in [3.05, 3.63) is 39.0 Å². The van der Waals surface area contributed by atoms with Gasteiger partial charge in [0.1, 0.15) is 0 Å². The lowest BCUT2D eigenvalue weighted by molar-refractivity contribution is -0.117. The highest BCUT2D eigenvalue weighted by molar-refractivity contribution is 7.71. The van der Waals surface area contributed by atoms with Crippen LogP contribution in [0.5, 0.6) is 0 Å². The molecule has 0 fully saturated rings. The lowest BCUT2D eigenvalue weighted by atomic mass is 10.1. The van der Waals surface area contributed by atoms with Gasteiger partial charge < -0.3 is 10.7 Å². The third kappa shape index (κ3) is 2.33. The number of carbonyl (C=O) groups is 1. The van der Waals surface area contributed by atoms with Crippen LogP contribution in [0.1, 0.15) is 11.3 Å². The van der Waals surface area contributed by atoms with Crippen molar-refractivity contribution in [1.29, 1.82) is 0 Å². The Kier molecular flexibility index (Phi) is 3.17. The van der Waals surface area contributed by atoms with Crippen LogP contribution >= 0.6 is 23.8 Å². The Labute approximate surface area is 109 Å². The Bertz CT molecular complexity index is 663. The van der Waals surface area contributed by atoms with Crippen LogP contribution in [-0.4, -0.2) is 10.9 Å². The molecule has 3 N–H and O–H groups in total. The number of nitrogens with two attached hydrogens (primary N) is 1. The summed E-state index contributed by atoms with van der Waals surface area (Å²) in [6.45, 7) is 1.87. The molecular formula is C12H11ClN2OS. The maximum Gasteiger partial charge on any atom is 0.223 e. The van der Waals surface area contributed by atoms with Crippen LogP contribution in [0.3, 0.4) is 0 Å². The van der Waals surface area contributed by atoms with Crippen molar-refractivity contribution in [1.82, 2.24) is 4.98 Å². The molecule has 0 spiro atoms. The van der Waals surface area contributed by atoms with E-state index in [1.807, 2.05) is 19.1 Å². The molecule has 0 aliphatic heterocycles. The van der Waals surface area contributed by atoms with E-state index in [9.17, 15) is 4.79 Å². The van der Waals surface area contributed by atoms with Crippen molar-refractivity contribution >= 4 is 40.6 Å². The van der Waals surface area contributed by atoms with Gasteiger partial charge in [-0.15, -0.1) is 0 Å². The predicted octanol–water partition coefficient (Wildman–Crippen LogP) is 2.89. The molecule has 0 atom stereocenters. The molecule has 2 rings (SSSR count). The molecule has 0 radical (unpaired) electrons. The second kappa shape index (κ2) is 4.47. The molecule has 17 heavy (non-hydrogen) atoms. The van der Waals surface area contributed by atoms with Gasteiger partial charge in [-0.05, 0) is 30.7 Å². The molecule has 0 unspecified atom stereocenters. The first-order valence-corrected chi connectivity index (χ1v) is 5.87. The van der Waals surface area contributed by atoms with Crippen LogP contribution in [0.2, 0.25) is 5.02 Å². The molecule has 0 saturated carbocycles. The van der Waals surface area contributed by atoms with Crippen LogP contribution in [0.25, 0.3) is 10.9 Å². The van der Waals surface area contributed by atoms with Crippen molar-refractivity contribution in [2.75, 3.05) is 0 Å². The van der Waals surface area contributed by atoms with E-state index in [0.29, 0.717) is 9.53 Å². The van der Waals surface area contributed by atoms with Gasteiger partial charge >= 0.3 is 0 Å². The average Bonchev–Trinajstić information content (AvgIpc) is 2.26. The number of H-pyrrole nitrogens is 1. The number of pyridine rings is 1. The van der Waals surface area contributed by atoms with Crippen LogP contribution in [0, 0.1) is 11.4 Å². The fraction of sp³-hybridized carbons (Fsp3) is 0.167. The molecule has 1 aromatic heterocycles. The van der Waals surface area contributed by atoms with Gasteiger partial charge in [-0.25, -0.2) is 0 Å². The maximum atomic E-state index is 11.0. The summed E-state index contributed by atoms with van der Waals surface area (Å²) >= 11 is 11.3. The Balaban J connectivity index is 2.75. The average molecular weight is 267 g/mol. The first-order valence-electron chi connectivity index (χ1n) is 5.08. The number of rotatable bonds is 2.